The first-order valence-corrected chi connectivity index (χ1v) is 5.12. The first kappa shape index (κ1) is 10.2. The maximum absolute atomic E-state index is 5.68. The van der Waals surface area contributed by atoms with E-state index < -0.39 is 0 Å². The van der Waals surface area contributed by atoms with Gasteiger partial charge < -0.3 is 14.8 Å². The third-order valence-corrected chi connectivity index (χ3v) is 2.34. The zero-order valence-corrected chi connectivity index (χ0v) is 8.77. The van der Waals surface area contributed by atoms with E-state index in [1.165, 1.54) is 0 Å². The maximum atomic E-state index is 5.68. The van der Waals surface area contributed by atoms with Gasteiger partial charge >= 0.3 is 0 Å². The molecule has 0 radical (unpaired) electrons. The van der Waals surface area contributed by atoms with Gasteiger partial charge in [-0.1, -0.05) is 0 Å². The number of piperidine rings is 1. The van der Waals surface area contributed by atoms with Gasteiger partial charge in [-0.2, -0.15) is 4.98 Å². The molecule has 1 fully saturated rings. The van der Waals surface area contributed by atoms with Crippen LogP contribution in [0.25, 0.3) is 0 Å². The van der Waals surface area contributed by atoms with Crippen LogP contribution in [-0.4, -0.2) is 36.3 Å². The molecular formula is C10H15N3O2. The summed E-state index contributed by atoms with van der Waals surface area (Å²) in [5.74, 6) is 1.01. The molecule has 15 heavy (non-hydrogen) atoms. The van der Waals surface area contributed by atoms with E-state index in [0.29, 0.717) is 11.8 Å². The van der Waals surface area contributed by atoms with Gasteiger partial charge in [-0.05, 0) is 19.4 Å². The lowest BCUT2D eigenvalue weighted by Crippen LogP contribution is -2.37. The van der Waals surface area contributed by atoms with Crippen LogP contribution in [0.1, 0.15) is 12.8 Å². The fraction of sp³-hybridized carbons (Fsp3) is 0.600. The Morgan fingerprint density at radius 2 is 2.27 bits per heavy atom. The topological polar surface area (TPSA) is 56.3 Å². The zero-order chi connectivity index (χ0) is 10.5. The number of methoxy groups -OCH3 is 1. The summed E-state index contributed by atoms with van der Waals surface area (Å²) in [6.45, 7) is 1.95. The van der Waals surface area contributed by atoms with E-state index in [4.69, 9.17) is 9.47 Å². The highest BCUT2D eigenvalue weighted by molar-refractivity contribution is 5.12. The van der Waals surface area contributed by atoms with Crippen LogP contribution in [-0.2, 0) is 0 Å². The number of nitrogens with one attached hydrogen (secondary N) is 1. The first-order valence-electron chi connectivity index (χ1n) is 5.12. The Morgan fingerprint density at radius 1 is 1.40 bits per heavy atom. The van der Waals surface area contributed by atoms with Crippen molar-refractivity contribution in [2.75, 3.05) is 20.2 Å². The minimum absolute atomic E-state index is 0.195. The normalized spacial score (nSPS) is 21.0. The van der Waals surface area contributed by atoms with Crippen molar-refractivity contribution in [2.45, 2.75) is 18.9 Å². The van der Waals surface area contributed by atoms with E-state index >= 15 is 0 Å². The molecule has 0 aliphatic carbocycles. The molecule has 0 saturated carbocycles. The van der Waals surface area contributed by atoms with Gasteiger partial charge in [-0.3, -0.25) is 4.98 Å². The van der Waals surface area contributed by atoms with Crippen LogP contribution >= 0.6 is 0 Å². The van der Waals surface area contributed by atoms with Gasteiger partial charge in [0.1, 0.15) is 6.10 Å². The predicted octanol–water partition coefficient (Wildman–Crippen LogP) is 0.616. The van der Waals surface area contributed by atoms with Gasteiger partial charge in [-0.15, -0.1) is 0 Å². The van der Waals surface area contributed by atoms with Gasteiger partial charge in [0, 0.05) is 6.54 Å². The summed E-state index contributed by atoms with van der Waals surface area (Å²) in [6.07, 6.45) is 5.57. The molecule has 1 N–H and O–H groups in total. The number of aromatic nitrogens is 2. The lowest BCUT2D eigenvalue weighted by Gasteiger charge is -2.23. The van der Waals surface area contributed by atoms with Gasteiger partial charge in [0.25, 0.3) is 0 Å². The number of ether oxygens (including phenoxy) is 2. The Bertz CT molecular complexity index is 313. The molecule has 5 nitrogen and oxygen atoms in total. The quantitative estimate of drug-likeness (QED) is 0.790. The van der Waals surface area contributed by atoms with E-state index in [1.54, 1.807) is 19.5 Å². The second kappa shape index (κ2) is 4.93. The summed E-state index contributed by atoms with van der Waals surface area (Å²) >= 11 is 0. The van der Waals surface area contributed by atoms with Gasteiger partial charge in [0.2, 0.25) is 11.8 Å². The smallest absolute Gasteiger partial charge is 0.235 e. The number of hydrogen-bond donors (Lipinski definition) is 1. The molecule has 1 aliphatic rings. The average Bonchev–Trinajstić information content (AvgIpc) is 2.31. The molecule has 0 aromatic carbocycles. The van der Waals surface area contributed by atoms with Gasteiger partial charge in [-0.25, -0.2) is 0 Å². The average molecular weight is 209 g/mol. The zero-order valence-electron chi connectivity index (χ0n) is 8.77. The molecule has 82 valence electrons. The third-order valence-electron chi connectivity index (χ3n) is 2.34. The lowest BCUT2D eigenvalue weighted by molar-refractivity contribution is 0.158. The Kier molecular flexibility index (Phi) is 3.34. The van der Waals surface area contributed by atoms with Crippen LogP contribution in [0.3, 0.4) is 0 Å². The lowest BCUT2D eigenvalue weighted by atomic mass is 10.1. The second-order valence-corrected chi connectivity index (χ2v) is 3.49. The monoisotopic (exact) mass is 209 g/mol. The van der Waals surface area contributed by atoms with E-state index in [-0.39, 0.29) is 6.10 Å². The van der Waals surface area contributed by atoms with E-state index in [1.807, 2.05) is 0 Å². The molecule has 0 unspecified atom stereocenters. The van der Waals surface area contributed by atoms with Crippen LogP contribution in [0.4, 0.5) is 0 Å². The molecule has 2 rings (SSSR count). The predicted molar refractivity (Wildman–Crippen MR) is 55.1 cm³/mol. The van der Waals surface area contributed by atoms with E-state index in [2.05, 4.69) is 15.3 Å². The second-order valence-electron chi connectivity index (χ2n) is 3.49. The Labute approximate surface area is 88.8 Å². The van der Waals surface area contributed by atoms with Crippen LogP contribution in [0.15, 0.2) is 12.4 Å². The minimum atomic E-state index is 0.195. The fourth-order valence-electron chi connectivity index (χ4n) is 1.58. The summed E-state index contributed by atoms with van der Waals surface area (Å²) < 4.78 is 10.7. The number of nitrogens with zero attached hydrogens (tertiary/aromatic N) is 2. The molecule has 2 heterocycles. The molecule has 1 aromatic rings. The summed E-state index contributed by atoms with van der Waals surface area (Å²) in [6, 6.07) is 0. The van der Waals surface area contributed by atoms with E-state index in [0.717, 1.165) is 25.9 Å². The highest BCUT2D eigenvalue weighted by Crippen LogP contribution is 2.14. The first-order chi connectivity index (χ1) is 7.38. The van der Waals surface area contributed by atoms with Crippen molar-refractivity contribution in [2.24, 2.45) is 0 Å². The molecule has 1 aliphatic heterocycles. The molecule has 1 saturated heterocycles. The third kappa shape index (κ3) is 2.79. The molecule has 0 amide bonds. The van der Waals surface area contributed by atoms with Crippen LogP contribution < -0.4 is 14.8 Å². The van der Waals surface area contributed by atoms with Crippen molar-refractivity contribution >= 4 is 0 Å². The van der Waals surface area contributed by atoms with Crippen molar-refractivity contribution in [1.82, 2.24) is 15.3 Å². The molecule has 0 bridgehead atoms. The molecule has 1 aromatic heterocycles. The summed E-state index contributed by atoms with van der Waals surface area (Å²) in [5.41, 5.74) is 0. The molecule has 1 atom stereocenters. The van der Waals surface area contributed by atoms with Gasteiger partial charge in [0.05, 0.1) is 19.5 Å². The molecule has 5 heteroatoms. The molecular weight excluding hydrogens is 194 g/mol. The van der Waals surface area contributed by atoms with E-state index in [9.17, 15) is 0 Å². The standard InChI is InChI=1S/C10H15N3O2/c1-14-9-6-12-7-10(13-9)15-8-3-2-4-11-5-8/h6-8,11H,2-5H2,1H3/t8-/m0/s1. The number of rotatable bonds is 3. The minimum Gasteiger partial charge on any atom is -0.480 e. The summed E-state index contributed by atoms with van der Waals surface area (Å²) in [5, 5.41) is 3.28. The van der Waals surface area contributed by atoms with Crippen molar-refractivity contribution in [3.63, 3.8) is 0 Å². The van der Waals surface area contributed by atoms with Crippen molar-refractivity contribution in [1.29, 1.82) is 0 Å². The fourth-order valence-corrected chi connectivity index (χ4v) is 1.58. The SMILES string of the molecule is COc1cncc(O[C@H]2CCCNC2)n1. The summed E-state index contributed by atoms with van der Waals surface area (Å²) in [7, 11) is 1.57. The largest absolute Gasteiger partial charge is 0.480 e. The number of hydrogen-bond acceptors (Lipinski definition) is 5. The van der Waals surface area contributed by atoms with Crippen LogP contribution in [0.5, 0.6) is 11.8 Å². The highest BCUT2D eigenvalue weighted by atomic mass is 16.5. The Morgan fingerprint density at radius 3 is 3.00 bits per heavy atom. The van der Waals surface area contributed by atoms with Crippen LogP contribution in [0.2, 0.25) is 0 Å². The molecule has 0 spiro atoms. The Hall–Kier alpha value is -1.36. The van der Waals surface area contributed by atoms with Crippen molar-refractivity contribution in [3.05, 3.63) is 12.4 Å². The Balaban J connectivity index is 1.96. The summed E-state index contributed by atoms with van der Waals surface area (Å²) in [4.78, 5) is 8.14. The highest BCUT2D eigenvalue weighted by Gasteiger charge is 2.15. The van der Waals surface area contributed by atoms with Gasteiger partial charge in [0.15, 0.2) is 0 Å². The maximum Gasteiger partial charge on any atom is 0.235 e. The van der Waals surface area contributed by atoms with Crippen LogP contribution in [0, 0.1) is 0 Å². The van der Waals surface area contributed by atoms with Crippen molar-refractivity contribution < 1.29 is 9.47 Å². The van der Waals surface area contributed by atoms with Crippen molar-refractivity contribution in [3.8, 4) is 11.8 Å².